The van der Waals surface area contributed by atoms with Gasteiger partial charge in [-0.3, -0.25) is 0 Å². The fraction of sp³-hybridized carbons (Fsp3) is 0.250. The van der Waals surface area contributed by atoms with Crippen molar-refractivity contribution in [3.8, 4) is 11.5 Å². The van der Waals surface area contributed by atoms with E-state index in [0.29, 0.717) is 41.6 Å². The maximum absolute atomic E-state index is 12.1. The Hall–Kier alpha value is -3.36. The van der Waals surface area contributed by atoms with E-state index in [9.17, 15) is 4.79 Å². The maximum atomic E-state index is 12.1. The number of nitrogens with one attached hydrogen (secondary N) is 1. The average Bonchev–Trinajstić information content (AvgIpc) is 3.07. The fourth-order valence-electron chi connectivity index (χ4n) is 2.48. The Kier molecular flexibility index (Phi) is 3.81. The van der Waals surface area contributed by atoms with Crippen LogP contribution in [-0.4, -0.2) is 40.9 Å². The van der Waals surface area contributed by atoms with Crippen molar-refractivity contribution in [3.63, 3.8) is 0 Å². The van der Waals surface area contributed by atoms with Gasteiger partial charge in [0.1, 0.15) is 30.7 Å². The van der Waals surface area contributed by atoms with Crippen LogP contribution in [0, 0.1) is 0 Å². The molecule has 0 saturated carbocycles. The number of rotatable bonds is 4. The summed E-state index contributed by atoms with van der Waals surface area (Å²) in [5.41, 5.74) is 0.927. The number of aromatic nitrogens is 3. The highest BCUT2D eigenvalue weighted by atomic mass is 16.6. The normalized spacial score (nSPS) is 12.8. The zero-order valence-electron chi connectivity index (χ0n) is 13.3. The second-order valence-electron chi connectivity index (χ2n) is 5.14. The van der Waals surface area contributed by atoms with Crippen LogP contribution in [0.4, 0.5) is 11.5 Å². The zero-order chi connectivity index (χ0) is 17.2. The molecule has 1 aliphatic rings. The first-order chi connectivity index (χ1) is 12.3. The van der Waals surface area contributed by atoms with Crippen LogP contribution in [0.15, 0.2) is 29.0 Å². The largest absolute Gasteiger partial charge is 0.486 e. The summed E-state index contributed by atoms with van der Waals surface area (Å²) in [5, 5.41) is 7.23. The Morgan fingerprint density at radius 3 is 2.92 bits per heavy atom. The van der Waals surface area contributed by atoms with E-state index in [4.69, 9.17) is 18.7 Å². The second kappa shape index (κ2) is 6.27. The molecule has 1 N–H and O–H groups in total. The molecule has 0 amide bonds. The van der Waals surface area contributed by atoms with E-state index in [2.05, 4.69) is 20.4 Å². The molecule has 0 radical (unpaired) electrons. The van der Waals surface area contributed by atoms with Gasteiger partial charge in [0.2, 0.25) is 5.69 Å². The number of benzene rings is 1. The minimum absolute atomic E-state index is 0.0255. The molecule has 0 spiro atoms. The topological polar surface area (TPSA) is 109 Å². The smallest absolute Gasteiger partial charge is 0.361 e. The van der Waals surface area contributed by atoms with Gasteiger partial charge in [-0.05, 0) is 19.1 Å². The molecule has 128 valence electrons. The lowest BCUT2D eigenvalue weighted by atomic mass is 10.2. The van der Waals surface area contributed by atoms with Gasteiger partial charge in [0.05, 0.1) is 6.61 Å². The van der Waals surface area contributed by atoms with Gasteiger partial charge in [0.15, 0.2) is 11.5 Å². The van der Waals surface area contributed by atoms with Crippen LogP contribution in [0.5, 0.6) is 11.5 Å². The van der Waals surface area contributed by atoms with Gasteiger partial charge >= 0.3 is 5.97 Å². The Labute approximate surface area is 141 Å². The lowest BCUT2D eigenvalue weighted by molar-refractivity contribution is 0.0517. The van der Waals surface area contributed by atoms with Crippen LogP contribution in [0.1, 0.15) is 17.4 Å². The summed E-state index contributed by atoms with van der Waals surface area (Å²) in [5.74, 6) is 1.10. The van der Waals surface area contributed by atoms with Crippen molar-refractivity contribution in [2.45, 2.75) is 6.92 Å². The molecular formula is C16H14N4O5. The SMILES string of the molecule is CCOC(=O)c1noc2ncnc(Nc3ccc4c(c3)OCCO4)c12. The Morgan fingerprint density at radius 2 is 2.08 bits per heavy atom. The molecular weight excluding hydrogens is 328 g/mol. The second-order valence-corrected chi connectivity index (χ2v) is 5.14. The van der Waals surface area contributed by atoms with Gasteiger partial charge in [0, 0.05) is 11.8 Å². The van der Waals surface area contributed by atoms with Crippen molar-refractivity contribution in [3.05, 3.63) is 30.2 Å². The molecule has 4 rings (SSSR count). The van der Waals surface area contributed by atoms with Crippen LogP contribution in [0.2, 0.25) is 0 Å². The molecule has 1 aliphatic heterocycles. The molecule has 0 fully saturated rings. The molecule has 3 heterocycles. The Balaban J connectivity index is 1.72. The summed E-state index contributed by atoms with van der Waals surface area (Å²) < 4.78 is 21.2. The van der Waals surface area contributed by atoms with Crippen LogP contribution < -0.4 is 14.8 Å². The maximum Gasteiger partial charge on any atom is 0.361 e. The van der Waals surface area contributed by atoms with Gasteiger partial charge in [-0.2, -0.15) is 4.98 Å². The van der Waals surface area contributed by atoms with Gasteiger partial charge in [-0.15, -0.1) is 0 Å². The van der Waals surface area contributed by atoms with Gasteiger partial charge in [-0.1, -0.05) is 5.16 Å². The zero-order valence-corrected chi connectivity index (χ0v) is 13.3. The van der Waals surface area contributed by atoms with Crippen LogP contribution in [-0.2, 0) is 4.74 Å². The Morgan fingerprint density at radius 1 is 1.24 bits per heavy atom. The van der Waals surface area contributed by atoms with Crippen molar-refractivity contribution in [2.24, 2.45) is 0 Å². The molecule has 9 heteroatoms. The summed E-state index contributed by atoms with van der Waals surface area (Å²) in [4.78, 5) is 20.2. The monoisotopic (exact) mass is 342 g/mol. The van der Waals surface area contributed by atoms with Crippen LogP contribution in [0.3, 0.4) is 0 Å². The van der Waals surface area contributed by atoms with Crippen molar-refractivity contribution in [1.82, 2.24) is 15.1 Å². The van der Waals surface area contributed by atoms with Crippen molar-refractivity contribution in [1.29, 1.82) is 0 Å². The standard InChI is InChI=1S/C16H14N4O5/c1-2-22-16(21)13-12-14(17-8-18-15(12)25-20-13)19-9-3-4-10-11(7-9)24-6-5-23-10/h3-4,7-8H,2,5-6H2,1H3,(H,17,18,19). The summed E-state index contributed by atoms with van der Waals surface area (Å²) in [6.07, 6.45) is 1.32. The van der Waals surface area contributed by atoms with E-state index >= 15 is 0 Å². The van der Waals surface area contributed by atoms with Crippen LogP contribution in [0.25, 0.3) is 11.1 Å². The minimum atomic E-state index is -0.596. The summed E-state index contributed by atoms with van der Waals surface area (Å²) in [7, 11) is 0. The predicted octanol–water partition coefficient (Wildman–Crippen LogP) is 2.31. The van der Waals surface area contributed by atoms with Crippen LogP contribution >= 0.6 is 0 Å². The van der Waals surface area contributed by atoms with E-state index in [1.165, 1.54) is 6.33 Å². The highest BCUT2D eigenvalue weighted by Crippen LogP contribution is 2.34. The number of ether oxygens (including phenoxy) is 3. The lowest BCUT2D eigenvalue weighted by Gasteiger charge is -2.19. The number of carbonyl (C=O) groups excluding carboxylic acids is 1. The first kappa shape index (κ1) is 15.2. The van der Waals surface area contributed by atoms with Gasteiger partial charge in [-0.25, -0.2) is 9.78 Å². The van der Waals surface area contributed by atoms with Crippen molar-refractivity contribution >= 4 is 28.6 Å². The number of carbonyl (C=O) groups is 1. The van der Waals surface area contributed by atoms with Crippen molar-refractivity contribution < 1.29 is 23.5 Å². The van der Waals surface area contributed by atoms with Gasteiger partial charge < -0.3 is 24.1 Å². The minimum Gasteiger partial charge on any atom is -0.486 e. The molecule has 0 aliphatic carbocycles. The van der Waals surface area contributed by atoms with Gasteiger partial charge in [0.25, 0.3) is 5.71 Å². The van der Waals surface area contributed by atoms with E-state index in [1.54, 1.807) is 19.1 Å². The first-order valence-corrected chi connectivity index (χ1v) is 7.70. The first-order valence-electron chi connectivity index (χ1n) is 7.70. The molecule has 0 saturated heterocycles. The highest BCUT2D eigenvalue weighted by molar-refractivity contribution is 6.05. The highest BCUT2D eigenvalue weighted by Gasteiger charge is 2.22. The fourth-order valence-corrected chi connectivity index (χ4v) is 2.48. The summed E-state index contributed by atoms with van der Waals surface area (Å²) >= 11 is 0. The van der Waals surface area contributed by atoms with E-state index in [1.807, 2.05) is 6.07 Å². The number of esters is 1. The number of hydrogen-bond acceptors (Lipinski definition) is 9. The number of fused-ring (bicyclic) bond motifs is 2. The summed E-state index contributed by atoms with van der Waals surface area (Å²) in [6, 6.07) is 5.41. The molecule has 0 bridgehead atoms. The molecule has 3 aromatic rings. The molecule has 0 atom stereocenters. The number of hydrogen-bond donors (Lipinski definition) is 1. The molecule has 9 nitrogen and oxygen atoms in total. The number of nitrogens with zero attached hydrogens (tertiary/aromatic N) is 3. The quantitative estimate of drug-likeness (QED) is 0.714. The molecule has 25 heavy (non-hydrogen) atoms. The third-order valence-corrected chi connectivity index (χ3v) is 3.55. The van der Waals surface area contributed by atoms with E-state index in [0.717, 1.165) is 0 Å². The predicted molar refractivity (Wildman–Crippen MR) is 86.3 cm³/mol. The molecule has 2 aromatic heterocycles. The third kappa shape index (κ3) is 2.80. The van der Waals surface area contributed by atoms with Crippen molar-refractivity contribution in [2.75, 3.05) is 25.1 Å². The Bertz CT molecular complexity index is 939. The third-order valence-electron chi connectivity index (χ3n) is 3.55. The summed E-state index contributed by atoms with van der Waals surface area (Å²) in [6.45, 7) is 2.96. The number of anilines is 2. The van der Waals surface area contributed by atoms with E-state index in [-0.39, 0.29) is 18.0 Å². The van der Waals surface area contributed by atoms with E-state index < -0.39 is 5.97 Å². The lowest BCUT2D eigenvalue weighted by Crippen LogP contribution is -2.15. The average molecular weight is 342 g/mol. The molecule has 1 aromatic carbocycles. The molecule has 0 unspecified atom stereocenters.